The number of carbonyl (C=O) groups excluding carboxylic acids is 1. The molecule has 0 aliphatic carbocycles. The molecule has 1 aromatic heterocycles. The van der Waals surface area contributed by atoms with E-state index in [1.165, 1.54) is 12.1 Å². The fourth-order valence-electron chi connectivity index (χ4n) is 3.18. The molecule has 9 heteroatoms. The Kier molecular flexibility index (Phi) is 6.49. The van der Waals surface area contributed by atoms with Gasteiger partial charge in [-0.25, -0.2) is 18.1 Å². The van der Waals surface area contributed by atoms with Crippen LogP contribution in [0.1, 0.15) is 34.9 Å². The number of carbonyl (C=O) groups is 1. The Morgan fingerprint density at radius 1 is 1.25 bits per heavy atom. The number of rotatable bonds is 6. The van der Waals surface area contributed by atoms with Crippen LogP contribution in [0.25, 0.3) is 0 Å². The van der Waals surface area contributed by atoms with Gasteiger partial charge < -0.3 is 4.90 Å². The average Bonchev–Trinajstić information content (AvgIpc) is 3.05. The van der Waals surface area contributed by atoms with Gasteiger partial charge in [0.15, 0.2) is 0 Å². The van der Waals surface area contributed by atoms with E-state index in [-0.39, 0.29) is 16.8 Å². The van der Waals surface area contributed by atoms with E-state index in [1.807, 2.05) is 6.92 Å². The quantitative estimate of drug-likeness (QED) is 0.771. The second kappa shape index (κ2) is 8.69. The second-order valence-corrected chi connectivity index (χ2v) is 10.0. The smallest absolute Gasteiger partial charge is 0.253 e. The summed E-state index contributed by atoms with van der Waals surface area (Å²) in [6, 6.07) is 6.04. The number of aromatic nitrogens is 1. The topological polar surface area (TPSA) is 82.6 Å². The summed E-state index contributed by atoms with van der Waals surface area (Å²) in [6.07, 6.45) is 0. The minimum Gasteiger partial charge on any atom is -0.336 e. The fraction of sp³-hybridized carbons (Fsp3) is 0.474. The predicted octanol–water partition coefficient (Wildman–Crippen LogP) is 2.10. The normalized spacial score (nSPS) is 15.9. The molecular formula is C19H26N4O3S2. The predicted molar refractivity (Wildman–Crippen MR) is 110 cm³/mol. The molecule has 3 rings (SSSR count). The number of benzene rings is 1. The van der Waals surface area contributed by atoms with Crippen molar-refractivity contribution in [3.8, 4) is 0 Å². The summed E-state index contributed by atoms with van der Waals surface area (Å²) in [5, 5.41) is 3.13. The average molecular weight is 423 g/mol. The summed E-state index contributed by atoms with van der Waals surface area (Å²) >= 11 is 1.65. The molecule has 1 saturated heterocycles. The maximum Gasteiger partial charge on any atom is 0.253 e. The highest BCUT2D eigenvalue weighted by atomic mass is 32.2. The van der Waals surface area contributed by atoms with E-state index in [4.69, 9.17) is 0 Å². The van der Waals surface area contributed by atoms with Gasteiger partial charge in [-0.2, -0.15) is 0 Å². The van der Waals surface area contributed by atoms with E-state index in [0.717, 1.165) is 30.3 Å². The summed E-state index contributed by atoms with van der Waals surface area (Å²) < 4.78 is 27.3. The van der Waals surface area contributed by atoms with Crippen molar-refractivity contribution in [3.05, 3.63) is 45.9 Å². The number of thiazole rings is 1. The number of nitrogens with one attached hydrogen (secondary N) is 1. The summed E-state index contributed by atoms with van der Waals surface area (Å²) in [5.74, 6) is -0.134. The molecular weight excluding hydrogens is 396 g/mol. The zero-order chi connectivity index (χ0) is 20.3. The molecule has 0 saturated carbocycles. The fourth-order valence-corrected chi connectivity index (χ4v) is 5.08. The molecule has 1 N–H and O–H groups in total. The first kappa shape index (κ1) is 20.9. The molecule has 0 unspecified atom stereocenters. The Bertz CT molecular complexity index is 932. The number of piperazine rings is 1. The number of amides is 1. The largest absolute Gasteiger partial charge is 0.336 e. The molecule has 2 heterocycles. The van der Waals surface area contributed by atoms with Crippen molar-refractivity contribution >= 4 is 27.3 Å². The number of hydrogen-bond acceptors (Lipinski definition) is 6. The zero-order valence-corrected chi connectivity index (χ0v) is 18.0. The van der Waals surface area contributed by atoms with Gasteiger partial charge in [-0.05, 0) is 39.0 Å². The SMILES string of the molecule is Cc1nc(CN2CCN(C(=O)c3cccc(S(=O)(=O)NC(C)C)c3)CC2)cs1. The summed E-state index contributed by atoms with van der Waals surface area (Å²) in [5.41, 5.74) is 1.47. The minimum atomic E-state index is -3.62. The van der Waals surface area contributed by atoms with E-state index < -0.39 is 10.0 Å². The number of nitrogens with zero attached hydrogens (tertiary/aromatic N) is 3. The second-order valence-electron chi connectivity index (χ2n) is 7.23. The minimum absolute atomic E-state index is 0.115. The van der Waals surface area contributed by atoms with Gasteiger partial charge in [0.05, 0.1) is 15.6 Å². The molecule has 0 spiro atoms. The molecule has 152 valence electrons. The van der Waals surface area contributed by atoms with Crippen LogP contribution in [0.5, 0.6) is 0 Å². The standard InChI is InChI=1S/C19H26N4O3S2/c1-14(2)21-28(25,26)18-6-4-5-16(11-18)19(24)23-9-7-22(8-10-23)12-17-13-27-15(3)20-17/h4-6,11,13-14,21H,7-10,12H2,1-3H3. The lowest BCUT2D eigenvalue weighted by molar-refractivity contribution is 0.0627. The first-order chi connectivity index (χ1) is 13.2. The van der Waals surface area contributed by atoms with Gasteiger partial charge >= 0.3 is 0 Å². The lowest BCUT2D eigenvalue weighted by atomic mass is 10.2. The van der Waals surface area contributed by atoms with Crippen LogP contribution in [0.15, 0.2) is 34.5 Å². The maximum atomic E-state index is 12.9. The van der Waals surface area contributed by atoms with Gasteiger partial charge in [-0.15, -0.1) is 11.3 Å². The Hall–Kier alpha value is -1.81. The lowest BCUT2D eigenvalue weighted by Crippen LogP contribution is -2.48. The van der Waals surface area contributed by atoms with Crippen molar-refractivity contribution in [1.29, 1.82) is 0 Å². The van der Waals surface area contributed by atoms with Crippen molar-refractivity contribution < 1.29 is 13.2 Å². The van der Waals surface area contributed by atoms with Gasteiger partial charge in [-0.3, -0.25) is 9.69 Å². The Labute approximate surface area is 170 Å². The van der Waals surface area contributed by atoms with E-state index in [0.29, 0.717) is 18.7 Å². The van der Waals surface area contributed by atoms with Gasteiger partial charge in [0.1, 0.15) is 0 Å². The van der Waals surface area contributed by atoms with Crippen LogP contribution in [-0.2, 0) is 16.6 Å². The van der Waals surface area contributed by atoms with Crippen molar-refractivity contribution in [2.45, 2.75) is 38.3 Å². The molecule has 0 radical (unpaired) electrons. The molecule has 7 nitrogen and oxygen atoms in total. The molecule has 2 aromatic rings. The van der Waals surface area contributed by atoms with Crippen LogP contribution in [0.4, 0.5) is 0 Å². The molecule has 1 amide bonds. The summed E-state index contributed by atoms with van der Waals surface area (Å²) in [6.45, 7) is 9.09. The van der Waals surface area contributed by atoms with E-state index in [1.54, 1.807) is 42.2 Å². The number of hydrogen-bond donors (Lipinski definition) is 1. The van der Waals surface area contributed by atoms with Crippen molar-refractivity contribution in [2.75, 3.05) is 26.2 Å². The Morgan fingerprint density at radius 3 is 2.57 bits per heavy atom. The first-order valence-electron chi connectivity index (χ1n) is 9.29. The van der Waals surface area contributed by atoms with Crippen molar-refractivity contribution in [3.63, 3.8) is 0 Å². The monoisotopic (exact) mass is 422 g/mol. The van der Waals surface area contributed by atoms with Crippen LogP contribution in [0, 0.1) is 6.92 Å². The number of sulfonamides is 1. The van der Waals surface area contributed by atoms with E-state index in [9.17, 15) is 13.2 Å². The van der Waals surface area contributed by atoms with E-state index >= 15 is 0 Å². The highest BCUT2D eigenvalue weighted by molar-refractivity contribution is 7.89. The van der Waals surface area contributed by atoms with Crippen LogP contribution in [0.3, 0.4) is 0 Å². The van der Waals surface area contributed by atoms with Crippen molar-refractivity contribution in [2.24, 2.45) is 0 Å². The van der Waals surface area contributed by atoms with Gasteiger partial charge in [-0.1, -0.05) is 6.07 Å². The van der Waals surface area contributed by atoms with E-state index in [2.05, 4.69) is 20.0 Å². The molecule has 1 aliphatic heterocycles. The maximum absolute atomic E-state index is 12.9. The van der Waals surface area contributed by atoms with Gasteiger partial charge in [0.25, 0.3) is 5.91 Å². The number of aryl methyl sites for hydroxylation is 1. The molecule has 1 aliphatic rings. The highest BCUT2D eigenvalue weighted by Gasteiger charge is 2.24. The molecule has 0 atom stereocenters. The van der Waals surface area contributed by atoms with Gasteiger partial charge in [0, 0.05) is 49.7 Å². The van der Waals surface area contributed by atoms with Crippen LogP contribution < -0.4 is 4.72 Å². The Morgan fingerprint density at radius 2 is 1.96 bits per heavy atom. The third-order valence-electron chi connectivity index (χ3n) is 4.49. The van der Waals surface area contributed by atoms with Crippen LogP contribution in [0.2, 0.25) is 0 Å². The molecule has 28 heavy (non-hydrogen) atoms. The third-order valence-corrected chi connectivity index (χ3v) is 6.97. The molecule has 1 aromatic carbocycles. The third kappa shape index (κ3) is 5.16. The lowest BCUT2D eigenvalue weighted by Gasteiger charge is -2.34. The van der Waals surface area contributed by atoms with Crippen molar-refractivity contribution in [1.82, 2.24) is 19.5 Å². The zero-order valence-electron chi connectivity index (χ0n) is 16.4. The highest BCUT2D eigenvalue weighted by Crippen LogP contribution is 2.16. The summed E-state index contributed by atoms with van der Waals surface area (Å²) in [4.78, 5) is 21.5. The van der Waals surface area contributed by atoms with Crippen LogP contribution >= 0.6 is 11.3 Å². The molecule has 0 bridgehead atoms. The summed E-state index contributed by atoms with van der Waals surface area (Å²) in [7, 11) is -3.62. The van der Waals surface area contributed by atoms with Crippen LogP contribution in [-0.4, -0.2) is 61.3 Å². The Balaban J connectivity index is 1.63. The van der Waals surface area contributed by atoms with Gasteiger partial charge in [0.2, 0.25) is 10.0 Å². The first-order valence-corrected chi connectivity index (χ1v) is 11.7. The molecule has 1 fully saturated rings.